The fourth-order valence-corrected chi connectivity index (χ4v) is 9.57. The van der Waals surface area contributed by atoms with Gasteiger partial charge in [0.2, 0.25) is 0 Å². The third-order valence-electron chi connectivity index (χ3n) is 10.9. The maximum absolute atomic E-state index is 6.27. The van der Waals surface area contributed by atoms with E-state index in [1.807, 2.05) is 23.5 Å². The number of thiophene rings is 1. The molecule has 0 aliphatic rings. The molecular weight excluding hydrogens is 687 g/mol. The van der Waals surface area contributed by atoms with Crippen molar-refractivity contribution in [3.8, 4) is 33.4 Å². The Labute approximate surface area is 322 Å². The molecule has 55 heavy (non-hydrogen) atoms. The first-order valence-corrected chi connectivity index (χ1v) is 19.5. The number of fused-ring (bicyclic) bond motifs is 7. The highest BCUT2D eigenvalue weighted by molar-refractivity contribution is 7.26. The highest BCUT2D eigenvalue weighted by atomic mass is 32.1. The molecule has 11 aromatic rings. The van der Waals surface area contributed by atoms with Crippen LogP contribution in [0.4, 0.5) is 17.1 Å². The second kappa shape index (κ2) is 12.9. The van der Waals surface area contributed by atoms with Gasteiger partial charge < -0.3 is 9.32 Å². The number of hydrogen-bond donors (Lipinski definition) is 0. The van der Waals surface area contributed by atoms with Gasteiger partial charge in [-0.1, -0.05) is 152 Å². The zero-order valence-electron chi connectivity index (χ0n) is 29.8. The van der Waals surface area contributed by atoms with Crippen molar-refractivity contribution in [3.63, 3.8) is 0 Å². The largest absolute Gasteiger partial charge is 0.456 e. The van der Waals surface area contributed by atoms with Gasteiger partial charge in [0.25, 0.3) is 0 Å². The monoisotopic (exact) mass is 719 g/mol. The minimum absolute atomic E-state index is 0.893. The second-order valence-electron chi connectivity index (χ2n) is 14.0. The van der Waals surface area contributed by atoms with E-state index in [0.717, 1.165) is 55.7 Å². The van der Waals surface area contributed by atoms with Crippen molar-refractivity contribution in [3.05, 3.63) is 200 Å². The van der Waals surface area contributed by atoms with E-state index in [9.17, 15) is 0 Å². The standard InChI is InChI=1S/C52H33NOS/c1-2-17-36-34(15-1)16-13-24-38(36)39-19-3-4-20-40(39)41-21-6-10-26-46(41)53(47-27-14-30-51-52(47)43-23-8-12-29-50(43)55-51)45-25-9-5-18-37(45)35-31-32-49-44(33-35)42-22-7-11-28-48(42)54-49/h1-33H. The van der Waals surface area contributed by atoms with E-state index in [0.29, 0.717) is 0 Å². The Hall–Kier alpha value is -6.94. The highest BCUT2D eigenvalue weighted by Crippen LogP contribution is 2.50. The van der Waals surface area contributed by atoms with E-state index in [2.05, 4.69) is 193 Å². The van der Waals surface area contributed by atoms with Gasteiger partial charge in [0.1, 0.15) is 11.2 Å². The van der Waals surface area contributed by atoms with Crippen molar-refractivity contribution in [1.82, 2.24) is 0 Å². The van der Waals surface area contributed by atoms with Crippen molar-refractivity contribution in [2.75, 3.05) is 4.90 Å². The molecule has 2 nitrogen and oxygen atoms in total. The summed E-state index contributed by atoms with van der Waals surface area (Å²) in [7, 11) is 0. The Kier molecular flexibility index (Phi) is 7.39. The molecule has 0 saturated heterocycles. The molecule has 0 spiro atoms. The van der Waals surface area contributed by atoms with Crippen LogP contribution in [0, 0.1) is 0 Å². The second-order valence-corrected chi connectivity index (χ2v) is 15.1. The van der Waals surface area contributed by atoms with E-state index in [-0.39, 0.29) is 0 Å². The van der Waals surface area contributed by atoms with E-state index >= 15 is 0 Å². The number of furan rings is 1. The Morgan fingerprint density at radius 3 is 1.75 bits per heavy atom. The fourth-order valence-electron chi connectivity index (χ4n) is 8.45. The van der Waals surface area contributed by atoms with Gasteiger partial charge in [-0.2, -0.15) is 0 Å². The van der Waals surface area contributed by atoms with Crippen molar-refractivity contribution in [2.24, 2.45) is 0 Å². The summed E-state index contributed by atoms with van der Waals surface area (Å²) in [5, 5.41) is 7.24. The highest BCUT2D eigenvalue weighted by Gasteiger charge is 2.25. The first-order chi connectivity index (χ1) is 27.3. The zero-order valence-corrected chi connectivity index (χ0v) is 30.6. The molecule has 3 heteroatoms. The Morgan fingerprint density at radius 1 is 0.345 bits per heavy atom. The van der Waals surface area contributed by atoms with Crippen LogP contribution >= 0.6 is 11.3 Å². The van der Waals surface area contributed by atoms with Crippen LogP contribution in [-0.2, 0) is 0 Å². The number of nitrogens with zero attached hydrogens (tertiary/aromatic N) is 1. The zero-order chi connectivity index (χ0) is 36.3. The average molecular weight is 720 g/mol. The van der Waals surface area contributed by atoms with Crippen molar-refractivity contribution < 1.29 is 4.42 Å². The first-order valence-electron chi connectivity index (χ1n) is 18.7. The molecule has 0 aliphatic heterocycles. The van der Waals surface area contributed by atoms with Crippen LogP contribution in [0.2, 0.25) is 0 Å². The third-order valence-corrected chi connectivity index (χ3v) is 12.0. The number of benzene rings is 9. The van der Waals surface area contributed by atoms with Gasteiger partial charge in [-0.15, -0.1) is 11.3 Å². The molecule has 0 radical (unpaired) electrons. The Balaban J connectivity index is 1.20. The SMILES string of the molecule is c1ccc(-c2cccc3ccccc23)c(-c2ccccc2N(c2ccccc2-c2ccc3oc4ccccc4c3c2)c2cccc3sc4ccccc4c23)c1. The minimum Gasteiger partial charge on any atom is -0.456 e. The van der Waals surface area contributed by atoms with Crippen LogP contribution in [0.3, 0.4) is 0 Å². The smallest absolute Gasteiger partial charge is 0.135 e. The molecular formula is C52H33NOS. The molecule has 2 heterocycles. The first kappa shape index (κ1) is 31.6. The lowest BCUT2D eigenvalue weighted by Gasteiger charge is -2.31. The van der Waals surface area contributed by atoms with Gasteiger partial charge >= 0.3 is 0 Å². The van der Waals surface area contributed by atoms with E-state index in [4.69, 9.17) is 4.42 Å². The molecule has 0 bridgehead atoms. The van der Waals surface area contributed by atoms with Crippen LogP contribution in [-0.4, -0.2) is 0 Å². The van der Waals surface area contributed by atoms with E-state index in [1.165, 1.54) is 47.6 Å². The quantitative estimate of drug-likeness (QED) is 0.170. The molecule has 0 atom stereocenters. The molecule has 9 aromatic carbocycles. The summed E-state index contributed by atoms with van der Waals surface area (Å²) in [5.74, 6) is 0. The van der Waals surface area contributed by atoms with Gasteiger partial charge in [0.05, 0.1) is 17.1 Å². The Morgan fingerprint density at radius 2 is 0.891 bits per heavy atom. The van der Waals surface area contributed by atoms with Crippen LogP contribution in [0.1, 0.15) is 0 Å². The fraction of sp³-hybridized carbons (Fsp3) is 0. The molecule has 0 saturated carbocycles. The van der Waals surface area contributed by atoms with Crippen LogP contribution in [0.15, 0.2) is 205 Å². The summed E-state index contributed by atoms with van der Waals surface area (Å²) in [4.78, 5) is 2.50. The summed E-state index contributed by atoms with van der Waals surface area (Å²) < 4.78 is 8.82. The lowest BCUT2D eigenvalue weighted by molar-refractivity contribution is 0.669. The number of hydrogen-bond acceptors (Lipinski definition) is 3. The molecule has 2 aromatic heterocycles. The van der Waals surface area contributed by atoms with Crippen molar-refractivity contribution in [2.45, 2.75) is 0 Å². The third kappa shape index (κ3) is 5.16. The topological polar surface area (TPSA) is 16.4 Å². The summed E-state index contributed by atoms with van der Waals surface area (Å²) >= 11 is 1.85. The minimum atomic E-state index is 0.893. The number of rotatable bonds is 6. The molecule has 258 valence electrons. The summed E-state index contributed by atoms with van der Waals surface area (Å²) in [6.45, 7) is 0. The summed E-state index contributed by atoms with van der Waals surface area (Å²) in [6, 6.07) is 72.4. The molecule has 0 N–H and O–H groups in total. The van der Waals surface area contributed by atoms with E-state index < -0.39 is 0 Å². The summed E-state index contributed by atoms with van der Waals surface area (Å²) in [6.07, 6.45) is 0. The molecule has 0 aliphatic carbocycles. The van der Waals surface area contributed by atoms with Gasteiger partial charge in [0, 0.05) is 42.1 Å². The van der Waals surface area contributed by atoms with Crippen molar-refractivity contribution >= 4 is 81.3 Å². The maximum atomic E-state index is 6.27. The predicted molar refractivity (Wildman–Crippen MR) is 235 cm³/mol. The average Bonchev–Trinajstić information content (AvgIpc) is 3.83. The van der Waals surface area contributed by atoms with Gasteiger partial charge in [-0.05, 0) is 81.6 Å². The predicted octanol–water partition coefficient (Wildman–Crippen LogP) is 15.6. The van der Waals surface area contributed by atoms with E-state index in [1.54, 1.807) is 0 Å². The molecule has 11 rings (SSSR count). The van der Waals surface area contributed by atoms with Crippen LogP contribution in [0.5, 0.6) is 0 Å². The van der Waals surface area contributed by atoms with Crippen LogP contribution < -0.4 is 4.90 Å². The van der Waals surface area contributed by atoms with Crippen LogP contribution in [0.25, 0.3) is 86.3 Å². The number of anilines is 3. The molecule has 0 amide bonds. The lowest BCUT2D eigenvalue weighted by atomic mass is 9.90. The maximum Gasteiger partial charge on any atom is 0.135 e. The molecule has 0 unspecified atom stereocenters. The number of para-hydroxylation sites is 3. The van der Waals surface area contributed by atoms with Gasteiger partial charge in [-0.3, -0.25) is 0 Å². The summed E-state index contributed by atoms with van der Waals surface area (Å²) in [5.41, 5.74) is 12.2. The van der Waals surface area contributed by atoms with Crippen molar-refractivity contribution in [1.29, 1.82) is 0 Å². The normalized spacial score (nSPS) is 11.6. The van der Waals surface area contributed by atoms with Gasteiger partial charge in [-0.25, -0.2) is 0 Å². The Bertz CT molecular complexity index is 3240. The molecule has 0 fully saturated rings. The van der Waals surface area contributed by atoms with Gasteiger partial charge in [0.15, 0.2) is 0 Å². The lowest BCUT2D eigenvalue weighted by Crippen LogP contribution is -2.13.